The van der Waals surface area contributed by atoms with Crippen LogP contribution < -0.4 is 5.73 Å². The minimum atomic E-state index is -0.253. The molecule has 0 fully saturated rings. The van der Waals surface area contributed by atoms with Gasteiger partial charge in [-0.3, -0.25) is 4.68 Å². The van der Waals surface area contributed by atoms with Crippen molar-refractivity contribution in [2.45, 2.75) is 19.9 Å². The standard InChI is InChI=1S/C23H21FN6/c1-3-20-27-21-22(17-6-4-5-7-18(17)26-23(21)25)30(20)13-16-12-19(29(2)28-16)14-8-10-15(24)11-9-14/h4-12H,3,13H2,1-2H3,(H2,25,26). The molecule has 5 aromatic rings. The Morgan fingerprint density at radius 1 is 1.03 bits per heavy atom. The minimum Gasteiger partial charge on any atom is -0.382 e. The van der Waals surface area contributed by atoms with E-state index < -0.39 is 0 Å². The van der Waals surface area contributed by atoms with Gasteiger partial charge in [0.25, 0.3) is 0 Å². The van der Waals surface area contributed by atoms with Crippen LogP contribution in [0.15, 0.2) is 54.6 Å². The molecule has 0 spiro atoms. The Bertz CT molecular complexity index is 1380. The van der Waals surface area contributed by atoms with Crippen LogP contribution >= 0.6 is 0 Å². The molecule has 0 radical (unpaired) electrons. The van der Waals surface area contributed by atoms with Gasteiger partial charge in [0.05, 0.1) is 29.0 Å². The number of nitrogen functional groups attached to an aromatic ring is 1. The van der Waals surface area contributed by atoms with Crippen molar-refractivity contribution >= 4 is 27.8 Å². The van der Waals surface area contributed by atoms with Gasteiger partial charge in [0.2, 0.25) is 0 Å². The normalized spacial score (nSPS) is 11.6. The molecule has 2 N–H and O–H groups in total. The number of nitrogens with two attached hydrogens (primary N) is 1. The Kier molecular flexibility index (Phi) is 4.24. The molecule has 0 amide bonds. The summed E-state index contributed by atoms with van der Waals surface area (Å²) in [6.07, 6.45) is 0.764. The molecule has 0 aliphatic rings. The minimum absolute atomic E-state index is 0.253. The predicted molar refractivity (Wildman–Crippen MR) is 117 cm³/mol. The maximum Gasteiger partial charge on any atom is 0.152 e. The predicted octanol–water partition coefficient (Wildman–Crippen LogP) is 4.32. The van der Waals surface area contributed by atoms with Crippen LogP contribution in [0.1, 0.15) is 18.4 Å². The average Bonchev–Trinajstić information content (AvgIpc) is 3.30. The number of anilines is 1. The van der Waals surface area contributed by atoms with Crippen molar-refractivity contribution in [1.82, 2.24) is 24.3 Å². The van der Waals surface area contributed by atoms with Crippen LogP contribution in [0.25, 0.3) is 33.2 Å². The largest absolute Gasteiger partial charge is 0.382 e. The summed E-state index contributed by atoms with van der Waals surface area (Å²) in [5.74, 6) is 1.12. The van der Waals surface area contributed by atoms with E-state index in [1.807, 2.05) is 42.1 Å². The lowest BCUT2D eigenvalue weighted by atomic mass is 10.1. The molecule has 2 aromatic carbocycles. The summed E-state index contributed by atoms with van der Waals surface area (Å²) < 4.78 is 17.3. The van der Waals surface area contributed by atoms with Gasteiger partial charge in [-0.15, -0.1) is 0 Å². The van der Waals surface area contributed by atoms with E-state index in [0.717, 1.165) is 51.1 Å². The van der Waals surface area contributed by atoms with Crippen LogP contribution in [0, 0.1) is 5.82 Å². The molecular formula is C23H21FN6. The Labute approximate surface area is 172 Å². The molecule has 0 bridgehead atoms. The van der Waals surface area contributed by atoms with E-state index in [4.69, 9.17) is 15.8 Å². The molecule has 3 aromatic heterocycles. The molecule has 0 aliphatic heterocycles. The molecule has 7 heteroatoms. The highest BCUT2D eigenvalue weighted by Crippen LogP contribution is 2.30. The summed E-state index contributed by atoms with van der Waals surface area (Å²) in [6.45, 7) is 2.63. The number of pyridine rings is 1. The molecule has 6 nitrogen and oxygen atoms in total. The highest BCUT2D eigenvalue weighted by atomic mass is 19.1. The number of hydrogen-bond donors (Lipinski definition) is 1. The lowest BCUT2D eigenvalue weighted by molar-refractivity contribution is 0.628. The third kappa shape index (κ3) is 2.90. The van der Waals surface area contributed by atoms with E-state index in [-0.39, 0.29) is 5.82 Å². The second-order valence-electron chi connectivity index (χ2n) is 7.33. The third-order valence-corrected chi connectivity index (χ3v) is 5.40. The summed E-state index contributed by atoms with van der Waals surface area (Å²) in [4.78, 5) is 9.29. The molecule has 0 saturated heterocycles. The molecule has 30 heavy (non-hydrogen) atoms. The van der Waals surface area contributed by atoms with Gasteiger partial charge in [0.1, 0.15) is 17.2 Å². The zero-order chi connectivity index (χ0) is 20.8. The number of imidazole rings is 1. The fourth-order valence-electron chi connectivity index (χ4n) is 4.00. The monoisotopic (exact) mass is 400 g/mol. The quantitative estimate of drug-likeness (QED) is 0.488. The number of benzene rings is 2. The van der Waals surface area contributed by atoms with Crippen molar-refractivity contribution in [1.29, 1.82) is 0 Å². The van der Waals surface area contributed by atoms with Gasteiger partial charge >= 0.3 is 0 Å². The van der Waals surface area contributed by atoms with Crippen molar-refractivity contribution in [2.24, 2.45) is 7.05 Å². The van der Waals surface area contributed by atoms with E-state index in [1.54, 1.807) is 12.1 Å². The number of para-hydroxylation sites is 1. The van der Waals surface area contributed by atoms with Crippen LogP contribution in [0.4, 0.5) is 10.2 Å². The fourth-order valence-corrected chi connectivity index (χ4v) is 4.00. The van der Waals surface area contributed by atoms with E-state index >= 15 is 0 Å². The maximum atomic E-state index is 13.3. The summed E-state index contributed by atoms with van der Waals surface area (Å²) in [5.41, 5.74) is 11.5. The Balaban J connectivity index is 1.66. The zero-order valence-electron chi connectivity index (χ0n) is 16.8. The lowest BCUT2D eigenvalue weighted by Gasteiger charge is -2.08. The SMILES string of the molecule is CCc1nc2c(N)nc3ccccc3c2n1Cc1cc(-c2ccc(F)cc2)n(C)n1. The van der Waals surface area contributed by atoms with E-state index in [0.29, 0.717) is 12.4 Å². The molecule has 0 aliphatic carbocycles. The highest BCUT2D eigenvalue weighted by Gasteiger charge is 2.18. The molecule has 0 unspecified atom stereocenters. The maximum absolute atomic E-state index is 13.3. The first-order valence-electron chi connectivity index (χ1n) is 9.87. The highest BCUT2D eigenvalue weighted by molar-refractivity contribution is 6.06. The van der Waals surface area contributed by atoms with Gasteiger partial charge in [-0.25, -0.2) is 14.4 Å². The molecule has 5 rings (SSSR count). The number of halogens is 1. The smallest absolute Gasteiger partial charge is 0.152 e. The number of aryl methyl sites for hydroxylation is 2. The van der Waals surface area contributed by atoms with Gasteiger partial charge in [0.15, 0.2) is 5.82 Å². The Morgan fingerprint density at radius 3 is 2.57 bits per heavy atom. The number of nitrogens with zero attached hydrogens (tertiary/aromatic N) is 5. The van der Waals surface area contributed by atoms with Crippen molar-refractivity contribution < 1.29 is 4.39 Å². The van der Waals surface area contributed by atoms with Gasteiger partial charge < -0.3 is 10.3 Å². The summed E-state index contributed by atoms with van der Waals surface area (Å²) in [5, 5.41) is 5.71. The molecule has 0 atom stereocenters. The van der Waals surface area contributed by atoms with Crippen molar-refractivity contribution in [3.63, 3.8) is 0 Å². The van der Waals surface area contributed by atoms with Crippen molar-refractivity contribution in [2.75, 3.05) is 5.73 Å². The van der Waals surface area contributed by atoms with Crippen LogP contribution in [0.5, 0.6) is 0 Å². The van der Waals surface area contributed by atoms with Crippen LogP contribution in [-0.4, -0.2) is 24.3 Å². The Morgan fingerprint density at radius 2 is 1.80 bits per heavy atom. The molecule has 3 heterocycles. The van der Waals surface area contributed by atoms with Crippen molar-refractivity contribution in [3.8, 4) is 11.3 Å². The fraction of sp³-hybridized carbons (Fsp3) is 0.174. The summed E-state index contributed by atoms with van der Waals surface area (Å²) in [7, 11) is 1.90. The topological polar surface area (TPSA) is 74.5 Å². The number of rotatable bonds is 4. The Hall–Kier alpha value is -3.74. The van der Waals surface area contributed by atoms with E-state index in [2.05, 4.69) is 16.5 Å². The average molecular weight is 400 g/mol. The van der Waals surface area contributed by atoms with Crippen molar-refractivity contribution in [3.05, 3.63) is 71.9 Å². The van der Waals surface area contributed by atoms with Gasteiger partial charge in [-0.1, -0.05) is 25.1 Å². The second kappa shape index (κ2) is 6.95. The van der Waals surface area contributed by atoms with Gasteiger partial charge in [-0.2, -0.15) is 5.10 Å². The van der Waals surface area contributed by atoms with E-state index in [9.17, 15) is 4.39 Å². The lowest BCUT2D eigenvalue weighted by Crippen LogP contribution is -2.06. The first kappa shape index (κ1) is 18.3. The number of aromatic nitrogens is 5. The van der Waals surface area contributed by atoms with Crippen LogP contribution in [-0.2, 0) is 20.0 Å². The summed E-state index contributed by atoms with van der Waals surface area (Å²) >= 11 is 0. The first-order valence-corrected chi connectivity index (χ1v) is 9.87. The first-order chi connectivity index (χ1) is 14.5. The molecule has 150 valence electrons. The van der Waals surface area contributed by atoms with E-state index in [1.165, 1.54) is 12.1 Å². The van der Waals surface area contributed by atoms with Gasteiger partial charge in [-0.05, 0) is 42.0 Å². The summed E-state index contributed by atoms with van der Waals surface area (Å²) in [6, 6.07) is 16.4. The molecule has 0 saturated carbocycles. The molecular weight excluding hydrogens is 379 g/mol. The number of hydrogen-bond acceptors (Lipinski definition) is 4. The second-order valence-corrected chi connectivity index (χ2v) is 7.33. The number of fused-ring (bicyclic) bond motifs is 3. The zero-order valence-corrected chi connectivity index (χ0v) is 16.8. The van der Waals surface area contributed by atoms with Crippen LogP contribution in [0.2, 0.25) is 0 Å². The third-order valence-electron chi connectivity index (χ3n) is 5.40. The van der Waals surface area contributed by atoms with Crippen LogP contribution in [0.3, 0.4) is 0 Å². The van der Waals surface area contributed by atoms with Gasteiger partial charge in [0, 0.05) is 18.9 Å².